The molecule has 0 saturated carbocycles. The fourth-order valence-electron chi connectivity index (χ4n) is 1.95. The van der Waals surface area contributed by atoms with Crippen molar-refractivity contribution in [3.63, 3.8) is 0 Å². The summed E-state index contributed by atoms with van der Waals surface area (Å²) in [6.45, 7) is 4.91. The number of nitrogens with zero attached hydrogens (tertiary/aromatic N) is 3. The van der Waals surface area contributed by atoms with Gasteiger partial charge in [0.1, 0.15) is 24.5 Å². The van der Waals surface area contributed by atoms with Gasteiger partial charge in [0.25, 0.3) is 0 Å². The van der Waals surface area contributed by atoms with Crippen LogP contribution in [0.15, 0.2) is 24.5 Å². The fourth-order valence-corrected chi connectivity index (χ4v) is 1.95. The summed E-state index contributed by atoms with van der Waals surface area (Å²) in [7, 11) is 0. The molecule has 0 aliphatic rings. The van der Waals surface area contributed by atoms with Crippen LogP contribution in [0, 0.1) is 5.82 Å². The second kappa shape index (κ2) is 6.47. The largest absolute Gasteiger partial charge is 0.485 e. The molecule has 0 bridgehead atoms. The predicted octanol–water partition coefficient (Wildman–Crippen LogP) is 2.43. The van der Waals surface area contributed by atoms with Gasteiger partial charge in [0, 0.05) is 24.2 Å². The van der Waals surface area contributed by atoms with Gasteiger partial charge in [0.15, 0.2) is 5.82 Å². The summed E-state index contributed by atoms with van der Waals surface area (Å²) in [5.74, 6) is 0.817. The molecule has 2 N–H and O–H groups in total. The van der Waals surface area contributed by atoms with Gasteiger partial charge in [0.2, 0.25) is 0 Å². The molecule has 1 aromatic carbocycles. The van der Waals surface area contributed by atoms with Gasteiger partial charge in [-0.05, 0) is 19.4 Å². The second-order valence-electron chi connectivity index (χ2n) is 4.66. The Morgan fingerprint density at radius 2 is 2.25 bits per heavy atom. The van der Waals surface area contributed by atoms with Gasteiger partial charge in [-0.2, -0.15) is 5.10 Å². The van der Waals surface area contributed by atoms with Gasteiger partial charge in [-0.25, -0.2) is 14.1 Å². The number of ether oxygens (including phenoxy) is 1. The number of benzene rings is 1. The monoisotopic (exact) mass is 278 g/mol. The summed E-state index contributed by atoms with van der Waals surface area (Å²) >= 11 is 0. The van der Waals surface area contributed by atoms with E-state index in [1.807, 2.05) is 6.92 Å². The minimum absolute atomic E-state index is 0.223. The van der Waals surface area contributed by atoms with Crippen molar-refractivity contribution < 1.29 is 9.13 Å². The molecule has 0 radical (unpaired) electrons. The van der Waals surface area contributed by atoms with E-state index < -0.39 is 0 Å². The highest BCUT2D eigenvalue weighted by Crippen LogP contribution is 2.25. The van der Waals surface area contributed by atoms with Gasteiger partial charge >= 0.3 is 0 Å². The first-order valence-corrected chi connectivity index (χ1v) is 6.66. The van der Waals surface area contributed by atoms with E-state index in [4.69, 9.17) is 10.5 Å². The first kappa shape index (κ1) is 14.5. The van der Waals surface area contributed by atoms with Crippen LogP contribution in [0.4, 0.5) is 4.39 Å². The highest BCUT2D eigenvalue weighted by molar-refractivity contribution is 5.36. The molecule has 0 aliphatic carbocycles. The summed E-state index contributed by atoms with van der Waals surface area (Å²) in [5, 5.41) is 4.12. The Labute approximate surface area is 117 Å². The van der Waals surface area contributed by atoms with Crippen LogP contribution in [-0.4, -0.2) is 14.8 Å². The fraction of sp³-hybridized carbons (Fsp3) is 0.429. The minimum atomic E-state index is -0.348. The van der Waals surface area contributed by atoms with Crippen LogP contribution < -0.4 is 10.5 Å². The minimum Gasteiger partial charge on any atom is -0.485 e. The first-order valence-electron chi connectivity index (χ1n) is 6.66. The molecule has 1 heterocycles. The highest BCUT2D eigenvalue weighted by atomic mass is 19.1. The van der Waals surface area contributed by atoms with E-state index in [1.54, 1.807) is 10.7 Å². The average Bonchev–Trinajstić information content (AvgIpc) is 2.84. The van der Waals surface area contributed by atoms with Crippen LogP contribution in [0.25, 0.3) is 0 Å². The summed E-state index contributed by atoms with van der Waals surface area (Å²) in [4.78, 5) is 4.15. The van der Waals surface area contributed by atoms with Crippen molar-refractivity contribution in [1.29, 1.82) is 0 Å². The molecule has 1 atom stereocenters. The predicted molar refractivity (Wildman–Crippen MR) is 73.6 cm³/mol. The number of nitrogens with two attached hydrogens (primary N) is 1. The van der Waals surface area contributed by atoms with E-state index in [0.29, 0.717) is 11.6 Å². The van der Waals surface area contributed by atoms with E-state index >= 15 is 0 Å². The Hall–Kier alpha value is -1.95. The van der Waals surface area contributed by atoms with Crippen LogP contribution in [0.1, 0.15) is 37.7 Å². The standard InChI is InChI=1S/C14H19FN4O/c1-3-6-19-14(17-9-18-19)8-20-13-7-11(15)4-5-12(13)10(2)16/h4-5,7,9-10H,3,6,8,16H2,1-2H3. The van der Waals surface area contributed by atoms with Crippen molar-refractivity contribution in [3.8, 4) is 5.75 Å². The maximum atomic E-state index is 13.3. The van der Waals surface area contributed by atoms with Crippen molar-refractivity contribution in [2.45, 2.75) is 39.5 Å². The Morgan fingerprint density at radius 3 is 2.95 bits per heavy atom. The lowest BCUT2D eigenvalue weighted by Gasteiger charge is -2.14. The van der Waals surface area contributed by atoms with Gasteiger partial charge in [-0.3, -0.25) is 0 Å². The molecular weight excluding hydrogens is 259 g/mol. The van der Waals surface area contributed by atoms with Crippen LogP contribution in [0.3, 0.4) is 0 Å². The lowest BCUT2D eigenvalue weighted by atomic mass is 10.1. The molecular formula is C14H19FN4O. The summed E-state index contributed by atoms with van der Waals surface area (Å²) in [5.41, 5.74) is 6.63. The van der Waals surface area contributed by atoms with Gasteiger partial charge in [-0.15, -0.1) is 0 Å². The van der Waals surface area contributed by atoms with E-state index in [1.165, 1.54) is 18.5 Å². The zero-order valence-electron chi connectivity index (χ0n) is 11.7. The first-order chi connectivity index (χ1) is 9.61. The molecule has 6 heteroatoms. The third-order valence-corrected chi connectivity index (χ3v) is 2.95. The number of rotatable bonds is 6. The zero-order valence-corrected chi connectivity index (χ0v) is 11.7. The van der Waals surface area contributed by atoms with E-state index in [2.05, 4.69) is 17.0 Å². The molecule has 2 rings (SSSR count). The molecule has 1 aromatic heterocycles. The van der Waals surface area contributed by atoms with Gasteiger partial charge in [-0.1, -0.05) is 13.0 Å². The molecule has 0 saturated heterocycles. The number of aromatic nitrogens is 3. The SMILES string of the molecule is CCCn1ncnc1COc1cc(F)ccc1C(C)N. The zero-order chi connectivity index (χ0) is 14.5. The third kappa shape index (κ3) is 3.33. The van der Waals surface area contributed by atoms with E-state index in [-0.39, 0.29) is 18.5 Å². The molecule has 0 aliphatic heterocycles. The third-order valence-electron chi connectivity index (χ3n) is 2.95. The molecule has 1 unspecified atom stereocenters. The molecule has 20 heavy (non-hydrogen) atoms. The number of hydrogen-bond acceptors (Lipinski definition) is 4. The van der Waals surface area contributed by atoms with Crippen molar-refractivity contribution >= 4 is 0 Å². The summed E-state index contributed by atoms with van der Waals surface area (Å²) in [6.07, 6.45) is 2.45. The lowest BCUT2D eigenvalue weighted by Crippen LogP contribution is -2.11. The number of hydrogen-bond donors (Lipinski definition) is 1. The molecule has 0 fully saturated rings. The highest BCUT2D eigenvalue weighted by Gasteiger charge is 2.11. The van der Waals surface area contributed by atoms with Gasteiger partial charge in [0.05, 0.1) is 0 Å². The van der Waals surface area contributed by atoms with Crippen molar-refractivity contribution in [3.05, 3.63) is 41.7 Å². The normalized spacial score (nSPS) is 12.4. The Balaban J connectivity index is 2.14. The molecule has 2 aromatic rings. The number of aryl methyl sites for hydroxylation is 1. The molecule has 5 nitrogen and oxygen atoms in total. The second-order valence-corrected chi connectivity index (χ2v) is 4.66. The average molecular weight is 278 g/mol. The Morgan fingerprint density at radius 1 is 1.45 bits per heavy atom. The van der Waals surface area contributed by atoms with Crippen molar-refractivity contribution in [2.75, 3.05) is 0 Å². The molecule has 0 spiro atoms. The molecule has 108 valence electrons. The smallest absolute Gasteiger partial charge is 0.164 e. The van der Waals surface area contributed by atoms with Crippen LogP contribution in [0.2, 0.25) is 0 Å². The molecule has 0 amide bonds. The Bertz CT molecular complexity index is 568. The lowest BCUT2D eigenvalue weighted by molar-refractivity contribution is 0.280. The summed E-state index contributed by atoms with van der Waals surface area (Å²) < 4.78 is 20.8. The van der Waals surface area contributed by atoms with Crippen LogP contribution in [0.5, 0.6) is 5.75 Å². The van der Waals surface area contributed by atoms with Crippen molar-refractivity contribution in [2.24, 2.45) is 5.73 Å². The Kier molecular flexibility index (Phi) is 4.68. The van der Waals surface area contributed by atoms with Crippen LogP contribution in [-0.2, 0) is 13.2 Å². The van der Waals surface area contributed by atoms with Crippen LogP contribution >= 0.6 is 0 Å². The van der Waals surface area contributed by atoms with Gasteiger partial charge < -0.3 is 10.5 Å². The summed E-state index contributed by atoms with van der Waals surface area (Å²) in [6, 6.07) is 4.15. The van der Waals surface area contributed by atoms with E-state index in [0.717, 1.165) is 18.5 Å². The maximum absolute atomic E-state index is 13.3. The quantitative estimate of drug-likeness (QED) is 0.881. The topological polar surface area (TPSA) is 66.0 Å². The maximum Gasteiger partial charge on any atom is 0.164 e. The van der Waals surface area contributed by atoms with Crippen molar-refractivity contribution in [1.82, 2.24) is 14.8 Å². The number of halogens is 1. The van der Waals surface area contributed by atoms with E-state index in [9.17, 15) is 4.39 Å².